The van der Waals surface area contributed by atoms with E-state index >= 15 is 0 Å². The quantitative estimate of drug-likeness (QED) is 0.933. The van der Waals surface area contributed by atoms with E-state index in [0.29, 0.717) is 12.1 Å². The Bertz CT molecular complexity index is 559. The van der Waals surface area contributed by atoms with Crippen molar-refractivity contribution in [2.45, 2.75) is 43.7 Å². The highest BCUT2D eigenvalue weighted by atomic mass is 35.5. The van der Waals surface area contributed by atoms with Crippen molar-refractivity contribution < 1.29 is 13.5 Å². The van der Waals surface area contributed by atoms with Crippen LogP contribution < -0.4 is 0 Å². The van der Waals surface area contributed by atoms with Gasteiger partial charge in [0.15, 0.2) is 0 Å². The Morgan fingerprint density at radius 3 is 2.79 bits per heavy atom. The SMILES string of the molecule is CC1CCCCN1S(=O)(=O)c1cc(CO)ccc1Cl. The lowest BCUT2D eigenvalue weighted by Gasteiger charge is -2.32. The minimum Gasteiger partial charge on any atom is -0.392 e. The minimum absolute atomic E-state index is 0.00685. The van der Waals surface area contributed by atoms with Gasteiger partial charge in [-0.15, -0.1) is 0 Å². The second-order valence-electron chi connectivity index (χ2n) is 4.88. The van der Waals surface area contributed by atoms with Crippen molar-refractivity contribution in [3.05, 3.63) is 28.8 Å². The Labute approximate surface area is 119 Å². The number of aliphatic hydroxyl groups is 1. The third kappa shape index (κ3) is 2.94. The normalized spacial score (nSPS) is 21.5. The van der Waals surface area contributed by atoms with Crippen molar-refractivity contribution in [3.63, 3.8) is 0 Å². The van der Waals surface area contributed by atoms with Crippen LogP contribution in [0.15, 0.2) is 23.1 Å². The van der Waals surface area contributed by atoms with E-state index < -0.39 is 10.0 Å². The van der Waals surface area contributed by atoms with E-state index in [1.165, 1.54) is 16.4 Å². The van der Waals surface area contributed by atoms with E-state index in [0.717, 1.165) is 19.3 Å². The zero-order valence-corrected chi connectivity index (χ0v) is 12.4. The summed E-state index contributed by atoms with van der Waals surface area (Å²) in [5, 5.41) is 9.33. The van der Waals surface area contributed by atoms with Gasteiger partial charge in [0.1, 0.15) is 4.90 Å². The highest BCUT2D eigenvalue weighted by Gasteiger charge is 2.32. The van der Waals surface area contributed by atoms with Gasteiger partial charge in [0.05, 0.1) is 11.6 Å². The third-order valence-electron chi connectivity index (χ3n) is 3.51. The average molecular weight is 304 g/mol. The molecule has 1 aliphatic heterocycles. The first-order valence-corrected chi connectivity index (χ1v) is 8.19. The topological polar surface area (TPSA) is 57.6 Å². The molecule has 4 nitrogen and oxygen atoms in total. The van der Waals surface area contributed by atoms with Crippen LogP contribution in [0.1, 0.15) is 31.7 Å². The molecule has 0 radical (unpaired) electrons. The van der Waals surface area contributed by atoms with Crippen LogP contribution in [-0.4, -0.2) is 30.4 Å². The Morgan fingerprint density at radius 2 is 2.16 bits per heavy atom. The molecule has 1 fully saturated rings. The number of hydrogen-bond donors (Lipinski definition) is 1. The molecule has 6 heteroatoms. The van der Waals surface area contributed by atoms with Gasteiger partial charge >= 0.3 is 0 Å². The molecule has 1 saturated heterocycles. The molecule has 1 atom stereocenters. The van der Waals surface area contributed by atoms with Crippen LogP contribution >= 0.6 is 11.6 Å². The van der Waals surface area contributed by atoms with E-state index in [2.05, 4.69) is 0 Å². The van der Waals surface area contributed by atoms with Gasteiger partial charge in [0.2, 0.25) is 10.0 Å². The summed E-state index contributed by atoms with van der Waals surface area (Å²) < 4.78 is 26.8. The second-order valence-corrected chi connectivity index (χ2v) is 7.15. The average Bonchev–Trinajstić information content (AvgIpc) is 2.39. The molecule has 0 spiro atoms. The maximum Gasteiger partial charge on any atom is 0.244 e. The number of rotatable bonds is 3. The molecule has 1 unspecified atom stereocenters. The number of benzene rings is 1. The predicted molar refractivity (Wildman–Crippen MR) is 74.6 cm³/mol. The fourth-order valence-electron chi connectivity index (χ4n) is 2.40. The molecular formula is C13H18ClNO3S. The monoisotopic (exact) mass is 303 g/mol. The molecule has 0 saturated carbocycles. The van der Waals surface area contributed by atoms with Crippen molar-refractivity contribution in [2.24, 2.45) is 0 Å². The van der Waals surface area contributed by atoms with Crippen LogP contribution in [0.4, 0.5) is 0 Å². The smallest absolute Gasteiger partial charge is 0.244 e. The zero-order valence-electron chi connectivity index (χ0n) is 10.8. The van der Waals surface area contributed by atoms with Crippen LogP contribution in [0, 0.1) is 0 Å². The molecule has 0 aliphatic carbocycles. The number of nitrogens with zero attached hydrogens (tertiary/aromatic N) is 1. The molecule has 0 amide bonds. The van der Waals surface area contributed by atoms with Gasteiger partial charge < -0.3 is 5.11 Å². The Hall–Kier alpha value is -0.620. The Morgan fingerprint density at radius 1 is 1.42 bits per heavy atom. The lowest BCUT2D eigenvalue weighted by molar-refractivity contribution is 0.268. The first kappa shape index (κ1) is 14.8. The fourth-order valence-corrected chi connectivity index (χ4v) is 4.63. The third-order valence-corrected chi connectivity index (χ3v) is 6.00. The Kier molecular flexibility index (Phi) is 4.50. The lowest BCUT2D eigenvalue weighted by atomic mass is 10.1. The minimum atomic E-state index is -3.58. The molecule has 106 valence electrons. The van der Waals surface area contributed by atoms with E-state index in [4.69, 9.17) is 16.7 Å². The van der Waals surface area contributed by atoms with E-state index in [1.54, 1.807) is 6.07 Å². The summed E-state index contributed by atoms with van der Waals surface area (Å²) in [5.74, 6) is 0. The molecule has 0 bridgehead atoms. The molecule has 19 heavy (non-hydrogen) atoms. The number of halogens is 1. The summed E-state index contributed by atoms with van der Waals surface area (Å²) in [5.41, 5.74) is 0.549. The van der Waals surface area contributed by atoms with Crippen LogP contribution in [0.3, 0.4) is 0 Å². The molecule has 1 N–H and O–H groups in total. The van der Waals surface area contributed by atoms with Crippen LogP contribution in [-0.2, 0) is 16.6 Å². The van der Waals surface area contributed by atoms with Gasteiger partial charge in [-0.25, -0.2) is 8.42 Å². The molecule has 1 heterocycles. The number of sulfonamides is 1. The fraction of sp³-hybridized carbons (Fsp3) is 0.538. The summed E-state index contributed by atoms with van der Waals surface area (Å²) in [4.78, 5) is 0.0921. The van der Waals surface area contributed by atoms with Crippen LogP contribution in [0.2, 0.25) is 5.02 Å². The molecule has 0 aromatic heterocycles. The number of hydrogen-bond acceptors (Lipinski definition) is 3. The van der Waals surface area contributed by atoms with Crippen LogP contribution in [0.5, 0.6) is 0 Å². The van der Waals surface area contributed by atoms with Gasteiger partial charge in [0.25, 0.3) is 0 Å². The van der Waals surface area contributed by atoms with Crippen molar-refractivity contribution in [1.82, 2.24) is 4.31 Å². The molecule has 1 aliphatic rings. The zero-order chi connectivity index (χ0) is 14.0. The predicted octanol–water partition coefficient (Wildman–Crippen LogP) is 2.40. The van der Waals surface area contributed by atoms with Gasteiger partial charge in [-0.1, -0.05) is 24.1 Å². The van der Waals surface area contributed by atoms with Crippen molar-refractivity contribution in [1.29, 1.82) is 0 Å². The summed E-state index contributed by atoms with van der Waals surface area (Å²) in [6, 6.07) is 4.60. The molecule has 1 aromatic carbocycles. The molecule has 2 rings (SSSR count). The maximum absolute atomic E-state index is 12.6. The summed E-state index contributed by atoms with van der Waals surface area (Å²) in [7, 11) is -3.58. The van der Waals surface area contributed by atoms with Crippen molar-refractivity contribution in [3.8, 4) is 0 Å². The van der Waals surface area contributed by atoms with Gasteiger partial charge in [-0.2, -0.15) is 4.31 Å². The molecular weight excluding hydrogens is 286 g/mol. The van der Waals surface area contributed by atoms with Crippen molar-refractivity contribution in [2.75, 3.05) is 6.54 Å². The highest BCUT2D eigenvalue weighted by molar-refractivity contribution is 7.89. The second kappa shape index (κ2) is 5.79. The lowest BCUT2D eigenvalue weighted by Crippen LogP contribution is -2.42. The molecule has 1 aromatic rings. The van der Waals surface area contributed by atoms with Gasteiger partial charge in [-0.3, -0.25) is 0 Å². The first-order valence-electron chi connectivity index (χ1n) is 6.38. The standard InChI is InChI=1S/C13H18ClNO3S/c1-10-4-2-3-7-15(10)19(17,18)13-8-11(9-16)5-6-12(13)14/h5-6,8,10,16H,2-4,7,9H2,1H3. The Balaban J connectivity index is 2.43. The summed E-state index contributed by atoms with van der Waals surface area (Å²) in [6.07, 6.45) is 2.80. The maximum atomic E-state index is 12.6. The van der Waals surface area contributed by atoms with E-state index in [9.17, 15) is 8.42 Å². The van der Waals surface area contributed by atoms with Gasteiger partial charge in [0, 0.05) is 12.6 Å². The number of aliphatic hydroxyl groups excluding tert-OH is 1. The van der Waals surface area contributed by atoms with Crippen molar-refractivity contribution >= 4 is 21.6 Å². The first-order chi connectivity index (χ1) is 8.96. The van der Waals surface area contributed by atoms with E-state index in [-0.39, 0.29) is 22.6 Å². The van der Waals surface area contributed by atoms with Crippen LogP contribution in [0.25, 0.3) is 0 Å². The summed E-state index contributed by atoms with van der Waals surface area (Å²) in [6.45, 7) is 2.25. The van der Waals surface area contributed by atoms with Gasteiger partial charge in [-0.05, 0) is 37.5 Å². The summed E-state index contributed by atoms with van der Waals surface area (Å²) >= 11 is 6.02. The number of piperidine rings is 1. The largest absolute Gasteiger partial charge is 0.392 e. The van der Waals surface area contributed by atoms with E-state index in [1.807, 2.05) is 6.92 Å². The highest BCUT2D eigenvalue weighted by Crippen LogP contribution is 2.30.